The Bertz CT molecular complexity index is 568. The van der Waals surface area contributed by atoms with Gasteiger partial charge in [0.2, 0.25) is 0 Å². The molecular formula is C17H21FN2. The Morgan fingerprint density at radius 3 is 2.45 bits per heavy atom. The molecule has 2 aromatic carbocycles. The third-order valence-corrected chi connectivity index (χ3v) is 3.51. The topological polar surface area (TPSA) is 29.3 Å². The van der Waals surface area contributed by atoms with Crippen LogP contribution in [0.1, 0.15) is 22.7 Å². The van der Waals surface area contributed by atoms with Crippen molar-refractivity contribution in [2.45, 2.75) is 19.5 Å². The zero-order valence-corrected chi connectivity index (χ0v) is 12.0. The largest absolute Gasteiger partial charge is 0.323 e. The predicted molar refractivity (Wildman–Crippen MR) is 80.8 cm³/mol. The van der Waals surface area contributed by atoms with Crippen LogP contribution in [0, 0.1) is 12.7 Å². The first kappa shape index (κ1) is 14.7. The minimum atomic E-state index is -0.315. The van der Waals surface area contributed by atoms with Gasteiger partial charge in [-0.3, -0.25) is 0 Å². The van der Waals surface area contributed by atoms with E-state index < -0.39 is 0 Å². The maximum absolute atomic E-state index is 13.7. The number of hydrogen-bond donors (Lipinski definition) is 1. The molecule has 0 fully saturated rings. The molecule has 2 nitrogen and oxygen atoms in total. The van der Waals surface area contributed by atoms with Crippen molar-refractivity contribution in [2.24, 2.45) is 5.73 Å². The van der Waals surface area contributed by atoms with Gasteiger partial charge in [-0.2, -0.15) is 0 Å². The quantitative estimate of drug-likeness (QED) is 0.905. The average molecular weight is 272 g/mol. The maximum atomic E-state index is 13.7. The average Bonchev–Trinajstić information content (AvgIpc) is 2.41. The third kappa shape index (κ3) is 3.65. The lowest BCUT2D eigenvalue weighted by atomic mass is 10.1. The van der Waals surface area contributed by atoms with Crippen LogP contribution in [-0.4, -0.2) is 18.5 Å². The number of nitrogens with two attached hydrogens (primary N) is 1. The summed E-state index contributed by atoms with van der Waals surface area (Å²) in [4.78, 5) is 2.12. The summed E-state index contributed by atoms with van der Waals surface area (Å²) in [6.45, 7) is 3.53. The molecule has 0 aromatic heterocycles. The molecule has 3 heteroatoms. The number of halogens is 1. The number of hydrogen-bond acceptors (Lipinski definition) is 2. The van der Waals surface area contributed by atoms with Crippen LogP contribution in [0.2, 0.25) is 0 Å². The molecule has 2 rings (SSSR count). The van der Waals surface area contributed by atoms with Crippen LogP contribution >= 0.6 is 0 Å². The maximum Gasteiger partial charge on any atom is 0.128 e. The highest BCUT2D eigenvalue weighted by atomic mass is 19.1. The number of nitrogens with zero attached hydrogens (tertiary/aromatic N) is 1. The summed E-state index contributed by atoms with van der Waals surface area (Å²) in [6, 6.07) is 14.7. The summed E-state index contributed by atoms with van der Waals surface area (Å²) >= 11 is 0. The fourth-order valence-electron chi connectivity index (χ4n) is 2.35. The summed E-state index contributed by atoms with van der Waals surface area (Å²) in [7, 11) is 2.01. The van der Waals surface area contributed by atoms with Crippen molar-refractivity contribution in [1.82, 2.24) is 4.90 Å². The van der Waals surface area contributed by atoms with Crippen molar-refractivity contribution in [1.29, 1.82) is 0 Å². The molecule has 0 spiro atoms. The van der Waals surface area contributed by atoms with E-state index in [-0.39, 0.29) is 11.9 Å². The minimum Gasteiger partial charge on any atom is -0.323 e. The van der Waals surface area contributed by atoms with Crippen LogP contribution in [0.25, 0.3) is 0 Å². The Morgan fingerprint density at radius 2 is 1.75 bits per heavy atom. The van der Waals surface area contributed by atoms with Crippen LogP contribution in [0.15, 0.2) is 48.5 Å². The van der Waals surface area contributed by atoms with Gasteiger partial charge in [-0.15, -0.1) is 0 Å². The van der Waals surface area contributed by atoms with Crippen LogP contribution in [-0.2, 0) is 6.54 Å². The van der Waals surface area contributed by atoms with Crippen LogP contribution in [0.3, 0.4) is 0 Å². The van der Waals surface area contributed by atoms with E-state index >= 15 is 0 Å². The van der Waals surface area contributed by atoms with Gasteiger partial charge in [0.25, 0.3) is 0 Å². The molecule has 0 bridgehead atoms. The first-order valence-corrected chi connectivity index (χ1v) is 6.81. The highest BCUT2D eigenvalue weighted by Crippen LogP contribution is 2.17. The van der Waals surface area contributed by atoms with E-state index in [1.54, 1.807) is 12.1 Å². The van der Waals surface area contributed by atoms with Crippen molar-refractivity contribution in [2.75, 3.05) is 13.6 Å². The predicted octanol–water partition coefficient (Wildman–Crippen LogP) is 3.27. The monoisotopic (exact) mass is 272 g/mol. The Hall–Kier alpha value is -1.71. The summed E-state index contributed by atoms with van der Waals surface area (Å²) in [5.41, 5.74) is 9.22. The van der Waals surface area contributed by atoms with Crippen LogP contribution in [0.5, 0.6) is 0 Å². The summed E-state index contributed by atoms with van der Waals surface area (Å²) in [5.74, 6) is -0.232. The van der Waals surface area contributed by atoms with Crippen molar-refractivity contribution >= 4 is 0 Å². The van der Waals surface area contributed by atoms with Gasteiger partial charge in [0.15, 0.2) is 0 Å². The minimum absolute atomic E-state index is 0.232. The number of rotatable bonds is 5. The molecule has 0 saturated heterocycles. The first-order chi connectivity index (χ1) is 9.58. The zero-order valence-electron chi connectivity index (χ0n) is 12.0. The fourth-order valence-corrected chi connectivity index (χ4v) is 2.35. The highest BCUT2D eigenvalue weighted by Gasteiger charge is 2.13. The van der Waals surface area contributed by atoms with Crippen molar-refractivity contribution in [3.8, 4) is 0 Å². The number of benzene rings is 2. The molecule has 2 N–H and O–H groups in total. The summed E-state index contributed by atoms with van der Waals surface area (Å²) in [6.07, 6.45) is 0. The summed E-state index contributed by atoms with van der Waals surface area (Å²) < 4.78 is 13.7. The molecule has 1 atom stereocenters. The first-order valence-electron chi connectivity index (χ1n) is 6.81. The molecule has 0 radical (unpaired) electrons. The molecule has 0 heterocycles. The molecule has 0 aliphatic heterocycles. The Morgan fingerprint density at radius 1 is 1.10 bits per heavy atom. The lowest BCUT2D eigenvalue weighted by molar-refractivity contribution is 0.302. The molecular weight excluding hydrogens is 251 g/mol. The van der Waals surface area contributed by atoms with E-state index in [9.17, 15) is 4.39 Å². The Labute approximate surface area is 120 Å². The highest BCUT2D eigenvalue weighted by molar-refractivity contribution is 5.25. The second-order valence-corrected chi connectivity index (χ2v) is 5.25. The van der Waals surface area contributed by atoms with E-state index in [1.165, 1.54) is 17.2 Å². The molecule has 0 aliphatic rings. The Balaban J connectivity index is 2.00. The lowest BCUT2D eigenvalue weighted by Gasteiger charge is -2.22. The molecule has 2 aromatic rings. The molecule has 0 saturated carbocycles. The molecule has 0 aliphatic carbocycles. The molecule has 106 valence electrons. The van der Waals surface area contributed by atoms with E-state index in [0.29, 0.717) is 12.1 Å². The third-order valence-electron chi connectivity index (χ3n) is 3.51. The van der Waals surface area contributed by atoms with Gasteiger partial charge >= 0.3 is 0 Å². The van der Waals surface area contributed by atoms with E-state index in [1.807, 2.05) is 25.2 Å². The Kier molecular flexibility index (Phi) is 4.88. The smallest absolute Gasteiger partial charge is 0.128 e. The van der Waals surface area contributed by atoms with Gasteiger partial charge in [-0.05, 0) is 31.2 Å². The van der Waals surface area contributed by atoms with Gasteiger partial charge < -0.3 is 10.6 Å². The number of aryl methyl sites for hydroxylation is 1. The fraction of sp³-hybridized carbons (Fsp3) is 0.294. The van der Waals surface area contributed by atoms with Gasteiger partial charge in [0.1, 0.15) is 5.82 Å². The summed E-state index contributed by atoms with van der Waals surface area (Å²) in [5, 5.41) is 0. The standard InChI is InChI=1S/C17H21FN2/c1-13-7-3-4-8-14(13)11-20(2)12-17(19)15-9-5-6-10-16(15)18/h3-10,17H,11-12,19H2,1-2H3. The van der Waals surface area contributed by atoms with Gasteiger partial charge in [0, 0.05) is 24.7 Å². The molecule has 0 amide bonds. The van der Waals surface area contributed by atoms with Crippen molar-refractivity contribution in [3.05, 3.63) is 71.0 Å². The van der Waals surface area contributed by atoms with Gasteiger partial charge in [-0.1, -0.05) is 42.5 Å². The van der Waals surface area contributed by atoms with Crippen molar-refractivity contribution in [3.63, 3.8) is 0 Å². The molecule has 20 heavy (non-hydrogen) atoms. The van der Waals surface area contributed by atoms with Gasteiger partial charge in [-0.25, -0.2) is 4.39 Å². The van der Waals surface area contributed by atoms with Crippen molar-refractivity contribution < 1.29 is 4.39 Å². The van der Waals surface area contributed by atoms with E-state index in [4.69, 9.17) is 5.73 Å². The second kappa shape index (κ2) is 6.64. The lowest BCUT2D eigenvalue weighted by Crippen LogP contribution is -2.29. The molecule has 1 unspecified atom stereocenters. The van der Waals surface area contributed by atoms with Crippen LogP contribution < -0.4 is 5.73 Å². The normalized spacial score (nSPS) is 12.7. The SMILES string of the molecule is Cc1ccccc1CN(C)CC(N)c1ccccc1F. The zero-order chi connectivity index (χ0) is 14.5. The van der Waals surface area contributed by atoms with Gasteiger partial charge in [0.05, 0.1) is 0 Å². The van der Waals surface area contributed by atoms with E-state index in [0.717, 1.165) is 6.54 Å². The number of likely N-dealkylation sites (N-methyl/N-ethyl adjacent to an activating group) is 1. The van der Waals surface area contributed by atoms with Crippen LogP contribution in [0.4, 0.5) is 4.39 Å². The second-order valence-electron chi connectivity index (χ2n) is 5.25. The van der Waals surface area contributed by atoms with E-state index in [2.05, 4.69) is 24.0 Å².